The Bertz CT molecular complexity index is 705. The highest BCUT2D eigenvalue weighted by Crippen LogP contribution is 2.21. The molecule has 2 aliphatic heterocycles. The van der Waals surface area contributed by atoms with Gasteiger partial charge >= 0.3 is 0 Å². The smallest absolute Gasteiger partial charge is 0.141 e. The molecular weight excluding hydrogens is 294 g/mol. The lowest BCUT2D eigenvalue weighted by Crippen LogP contribution is -2.26. The number of benzene rings is 1. The number of aliphatic imine (C=N–C) groups is 1. The summed E-state index contributed by atoms with van der Waals surface area (Å²) in [5.41, 5.74) is 6.15. The van der Waals surface area contributed by atoms with E-state index in [0.29, 0.717) is 5.92 Å². The standard InChI is InChI=1S/C21H27N3/c1-5-6-16(4)21-22-19-11-12-24(14-20(19)23-21)13-17-7-9-18(10-8-17)15(2)3/h6-12,14-15,21,23H,5,13H2,1-4H3/b16-6+. The van der Waals surface area contributed by atoms with Gasteiger partial charge in [0.2, 0.25) is 0 Å². The van der Waals surface area contributed by atoms with Crippen molar-refractivity contribution in [1.29, 1.82) is 0 Å². The van der Waals surface area contributed by atoms with Gasteiger partial charge in [-0.3, -0.25) is 4.99 Å². The molecule has 0 aliphatic carbocycles. The van der Waals surface area contributed by atoms with Crippen molar-refractivity contribution in [3.05, 3.63) is 71.2 Å². The molecule has 1 unspecified atom stereocenters. The SMILES string of the molecule is CC/C=C(\C)C1N=C2C=CN(Cc3ccc(C(C)C)cc3)C=C2N1. The highest BCUT2D eigenvalue weighted by atomic mass is 15.2. The van der Waals surface area contributed by atoms with E-state index in [2.05, 4.69) is 86.7 Å². The van der Waals surface area contributed by atoms with E-state index < -0.39 is 0 Å². The molecule has 0 aromatic heterocycles. The lowest BCUT2D eigenvalue weighted by molar-refractivity contribution is 0.492. The molecule has 2 aliphatic rings. The van der Waals surface area contributed by atoms with Gasteiger partial charge in [-0.15, -0.1) is 0 Å². The first-order valence-electron chi connectivity index (χ1n) is 8.82. The van der Waals surface area contributed by atoms with Crippen molar-refractivity contribution in [3.8, 4) is 0 Å². The van der Waals surface area contributed by atoms with Crippen LogP contribution in [0.3, 0.4) is 0 Å². The Morgan fingerprint density at radius 1 is 1.29 bits per heavy atom. The van der Waals surface area contributed by atoms with E-state index >= 15 is 0 Å². The summed E-state index contributed by atoms with van der Waals surface area (Å²) in [6, 6.07) is 8.92. The molecule has 24 heavy (non-hydrogen) atoms. The zero-order valence-corrected chi connectivity index (χ0v) is 15.1. The summed E-state index contributed by atoms with van der Waals surface area (Å²) in [6.07, 6.45) is 9.74. The second kappa shape index (κ2) is 7.08. The number of nitrogens with one attached hydrogen (secondary N) is 1. The van der Waals surface area contributed by atoms with Gasteiger partial charge in [-0.05, 0) is 42.0 Å². The molecule has 0 fully saturated rings. The van der Waals surface area contributed by atoms with Crippen molar-refractivity contribution in [2.45, 2.75) is 52.7 Å². The Morgan fingerprint density at radius 2 is 2.04 bits per heavy atom. The molecule has 1 aromatic rings. The van der Waals surface area contributed by atoms with Gasteiger partial charge in [0.25, 0.3) is 0 Å². The summed E-state index contributed by atoms with van der Waals surface area (Å²) in [6.45, 7) is 9.63. The molecule has 0 saturated heterocycles. The quantitative estimate of drug-likeness (QED) is 0.796. The van der Waals surface area contributed by atoms with Crippen LogP contribution in [-0.4, -0.2) is 16.8 Å². The molecule has 1 aromatic carbocycles. The van der Waals surface area contributed by atoms with E-state index in [0.717, 1.165) is 24.4 Å². The Kier molecular flexibility index (Phi) is 4.89. The maximum atomic E-state index is 4.76. The van der Waals surface area contributed by atoms with Gasteiger partial charge in [-0.1, -0.05) is 51.1 Å². The van der Waals surface area contributed by atoms with Gasteiger partial charge in [0, 0.05) is 18.9 Å². The van der Waals surface area contributed by atoms with Crippen molar-refractivity contribution in [2.75, 3.05) is 0 Å². The fraction of sp³-hybridized carbons (Fsp3) is 0.381. The monoisotopic (exact) mass is 321 g/mol. The molecule has 3 nitrogen and oxygen atoms in total. The van der Waals surface area contributed by atoms with Crippen LogP contribution >= 0.6 is 0 Å². The molecule has 0 radical (unpaired) electrons. The topological polar surface area (TPSA) is 27.6 Å². The second-order valence-corrected chi connectivity index (χ2v) is 6.84. The molecular formula is C21H27N3. The van der Waals surface area contributed by atoms with Gasteiger partial charge in [-0.2, -0.15) is 0 Å². The average molecular weight is 321 g/mol. The van der Waals surface area contributed by atoms with Crippen LogP contribution in [0, 0.1) is 0 Å². The van der Waals surface area contributed by atoms with Gasteiger partial charge in [0.15, 0.2) is 0 Å². The minimum Gasteiger partial charge on any atom is -0.357 e. The van der Waals surface area contributed by atoms with E-state index in [1.807, 2.05) is 0 Å². The third-order valence-corrected chi connectivity index (χ3v) is 4.52. The normalized spacial score (nSPS) is 20.0. The number of nitrogens with zero attached hydrogens (tertiary/aromatic N) is 2. The summed E-state index contributed by atoms with van der Waals surface area (Å²) in [5.74, 6) is 0.578. The molecule has 0 amide bonds. The van der Waals surface area contributed by atoms with Crippen LogP contribution in [0.2, 0.25) is 0 Å². The molecule has 3 rings (SSSR count). The maximum Gasteiger partial charge on any atom is 0.141 e. The van der Waals surface area contributed by atoms with Crippen molar-refractivity contribution in [1.82, 2.24) is 10.2 Å². The molecule has 126 valence electrons. The van der Waals surface area contributed by atoms with Crippen LogP contribution in [0.15, 0.2) is 65.1 Å². The lowest BCUT2D eigenvalue weighted by atomic mass is 10.0. The molecule has 0 saturated carbocycles. The first kappa shape index (κ1) is 16.6. The van der Waals surface area contributed by atoms with E-state index in [1.165, 1.54) is 16.7 Å². The highest BCUT2D eigenvalue weighted by Gasteiger charge is 2.23. The predicted molar refractivity (Wildman–Crippen MR) is 102 cm³/mol. The fourth-order valence-corrected chi connectivity index (χ4v) is 3.04. The number of allylic oxidation sites excluding steroid dienone is 2. The van der Waals surface area contributed by atoms with E-state index in [9.17, 15) is 0 Å². The first-order valence-corrected chi connectivity index (χ1v) is 8.82. The number of hydrogen-bond donors (Lipinski definition) is 1. The summed E-state index contributed by atoms with van der Waals surface area (Å²) >= 11 is 0. The Hall–Kier alpha value is -2.29. The summed E-state index contributed by atoms with van der Waals surface area (Å²) in [5, 5.41) is 3.51. The van der Waals surface area contributed by atoms with Gasteiger partial charge in [0.1, 0.15) is 6.17 Å². The van der Waals surface area contributed by atoms with Gasteiger partial charge in [-0.25, -0.2) is 0 Å². The van der Waals surface area contributed by atoms with E-state index in [-0.39, 0.29) is 6.17 Å². The zero-order valence-electron chi connectivity index (χ0n) is 15.1. The third-order valence-electron chi connectivity index (χ3n) is 4.52. The van der Waals surface area contributed by atoms with Crippen LogP contribution < -0.4 is 5.32 Å². The predicted octanol–water partition coefficient (Wildman–Crippen LogP) is 4.71. The van der Waals surface area contributed by atoms with Crippen LogP contribution in [0.1, 0.15) is 51.2 Å². The van der Waals surface area contributed by atoms with Crippen LogP contribution in [0.4, 0.5) is 0 Å². The summed E-state index contributed by atoms with van der Waals surface area (Å²) < 4.78 is 0. The maximum absolute atomic E-state index is 4.76. The van der Waals surface area contributed by atoms with E-state index in [1.54, 1.807) is 0 Å². The Balaban J connectivity index is 1.68. The number of rotatable bonds is 5. The van der Waals surface area contributed by atoms with Crippen LogP contribution in [0.5, 0.6) is 0 Å². The average Bonchev–Trinajstić information content (AvgIpc) is 2.99. The largest absolute Gasteiger partial charge is 0.357 e. The highest BCUT2D eigenvalue weighted by molar-refractivity contribution is 6.10. The van der Waals surface area contributed by atoms with Crippen molar-refractivity contribution in [3.63, 3.8) is 0 Å². The second-order valence-electron chi connectivity index (χ2n) is 6.84. The Morgan fingerprint density at radius 3 is 2.71 bits per heavy atom. The molecule has 0 bridgehead atoms. The molecule has 2 heterocycles. The molecule has 3 heteroatoms. The van der Waals surface area contributed by atoms with Crippen LogP contribution in [0.25, 0.3) is 0 Å². The van der Waals surface area contributed by atoms with E-state index in [4.69, 9.17) is 4.99 Å². The lowest BCUT2D eigenvalue weighted by Gasteiger charge is -2.21. The minimum absolute atomic E-state index is 0.0844. The molecule has 1 N–H and O–H groups in total. The zero-order chi connectivity index (χ0) is 17.1. The third kappa shape index (κ3) is 3.61. The van der Waals surface area contributed by atoms with Crippen molar-refractivity contribution >= 4 is 5.71 Å². The summed E-state index contributed by atoms with van der Waals surface area (Å²) in [4.78, 5) is 6.97. The molecule has 0 spiro atoms. The van der Waals surface area contributed by atoms with Crippen molar-refractivity contribution in [2.24, 2.45) is 4.99 Å². The van der Waals surface area contributed by atoms with Gasteiger partial charge in [0.05, 0.1) is 11.4 Å². The first-order chi connectivity index (χ1) is 11.6. The molecule has 1 atom stereocenters. The number of fused-ring (bicyclic) bond motifs is 1. The van der Waals surface area contributed by atoms with Gasteiger partial charge < -0.3 is 10.2 Å². The number of hydrogen-bond acceptors (Lipinski definition) is 3. The Labute approximate surface area is 145 Å². The van der Waals surface area contributed by atoms with Crippen molar-refractivity contribution < 1.29 is 0 Å². The minimum atomic E-state index is 0.0844. The van der Waals surface area contributed by atoms with Crippen LogP contribution in [-0.2, 0) is 6.54 Å². The fourth-order valence-electron chi connectivity index (χ4n) is 3.04. The summed E-state index contributed by atoms with van der Waals surface area (Å²) in [7, 11) is 0.